The van der Waals surface area contributed by atoms with Crippen LogP contribution in [0.1, 0.15) is 30.1 Å². The number of benzene rings is 1. The highest BCUT2D eigenvalue weighted by atomic mass is 19.2. The maximum Gasteiger partial charge on any atom is 0.338 e. The van der Waals surface area contributed by atoms with Crippen LogP contribution in [0, 0.1) is 17.6 Å². The molecule has 1 aromatic carbocycles. The van der Waals surface area contributed by atoms with Crippen LogP contribution in [-0.2, 0) is 0 Å². The summed E-state index contributed by atoms with van der Waals surface area (Å²) < 4.78 is 27.4. The van der Waals surface area contributed by atoms with Crippen LogP contribution in [0.5, 0.6) is 0 Å². The lowest BCUT2D eigenvalue weighted by molar-refractivity contribution is 0.0690. The minimum Gasteiger partial charge on any atom is -0.478 e. The molecule has 0 spiro atoms. The Morgan fingerprint density at radius 3 is 2.44 bits per heavy atom. The van der Waals surface area contributed by atoms with Gasteiger partial charge in [0.25, 0.3) is 0 Å². The molecule has 0 aromatic heterocycles. The van der Waals surface area contributed by atoms with E-state index in [1.165, 1.54) is 6.07 Å². The molecule has 0 radical (unpaired) electrons. The van der Waals surface area contributed by atoms with Crippen LogP contribution in [0.4, 0.5) is 14.5 Å². The molecule has 3 nitrogen and oxygen atoms in total. The van der Waals surface area contributed by atoms with E-state index in [0.717, 1.165) is 18.9 Å². The number of aromatic carboxylic acids is 1. The summed E-state index contributed by atoms with van der Waals surface area (Å²) in [6, 6.07) is 2.46. The van der Waals surface area contributed by atoms with Gasteiger partial charge in [0, 0.05) is 13.1 Å². The quantitative estimate of drug-likeness (QED) is 0.883. The van der Waals surface area contributed by atoms with Crippen molar-refractivity contribution in [3.05, 3.63) is 29.3 Å². The highest BCUT2D eigenvalue weighted by molar-refractivity contribution is 5.88. The van der Waals surface area contributed by atoms with Gasteiger partial charge in [0.05, 0.1) is 11.3 Å². The number of halogens is 2. The molecule has 1 heterocycles. The molecule has 2 rings (SSSR count). The smallest absolute Gasteiger partial charge is 0.338 e. The zero-order valence-electron chi connectivity index (χ0n) is 10.1. The van der Waals surface area contributed by atoms with Gasteiger partial charge in [-0.15, -0.1) is 0 Å². The van der Waals surface area contributed by atoms with Crippen LogP contribution in [0.25, 0.3) is 0 Å². The van der Waals surface area contributed by atoms with Gasteiger partial charge in [0.2, 0.25) is 0 Å². The molecule has 0 bridgehead atoms. The SMILES string of the molecule is CC1CCN(c2ccc(C(=O)O)c(F)c2F)CC1. The third-order valence-corrected chi connectivity index (χ3v) is 3.42. The van der Waals surface area contributed by atoms with E-state index in [9.17, 15) is 13.6 Å². The Morgan fingerprint density at radius 1 is 1.28 bits per heavy atom. The van der Waals surface area contributed by atoms with Crippen molar-refractivity contribution in [3.8, 4) is 0 Å². The monoisotopic (exact) mass is 255 g/mol. The topological polar surface area (TPSA) is 40.5 Å². The van der Waals surface area contributed by atoms with Gasteiger partial charge in [-0.05, 0) is 30.9 Å². The fourth-order valence-electron chi connectivity index (χ4n) is 2.20. The van der Waals surface area contributed by atoms with E-state index in [1.807, 2.05) is 0 Å². The number of carboxylic acids is 1. The first-order valence-electron chi connectivity index (χ1n) is 5.97. The second-order valence-electron chi connectivity index (χ2n) is 4.73. The molecule has 1 fully saturated rings. The van der Waals surface area contributed by atoms with Crippen molar-refractivity contribution < 1.29 is 18.7 Å². The number of piperidine rings is 1. The average Bonchev–Trinajstić information content (AvgIpc) is 2.33. The summed E-state index contributed by atoms with van der Waals surface area (Å²) in [6.07, 6.45) is 1.86. The molecule has 0 amide bonds. The van der Waals surface area contributed by atoms with Gasteiger partial charge in [-0.1, -0.05) is 6.92 Å². The average molecular weight is 255 g/mol. The van der Waals surface area contributed by atoms with Gasteiger partial charge in [-0.2, -0.15) is 0 Å². The Labute approximate surface area is 104 Å². The van der Waals surface area contributed by atoms with Crippen LogP contribution in [0.2, 0.25) is 0 Å². The molecule has 18 heavy (non-hydrogen) atoms. The molecule has 0 aliphatic carbocycles. The number of carboxylic acid groups (broad SMARTS) is 1. The summed E-state index contributed by atoms with van der Waals surface area (Å²) in [5, 5.41) is 8.71. The van der Waals surface area contributed by atoms with Crippen LogP contribution < -0.4 is 4.90 Å². The first-order chi connectivity index (χ1) is 8.50. The third-order valence-electron chi connectivity index (χ3n) is 3.42. The maximum atomic E-state index is 13.8. The highest BCUT2D eigenvalue weighted by Gasteiger charge is 2.23. The second-order valence-corrected chi connectivity index (χ2v) is 4.73. The van der Waals surface area contributed by atoms with Crippen LogP contribution in [0.15, 0.2) is 12.1 Å². The van der Waals surface area contributed by atoms with Gasteiger partial charge < -0.3 is 10.0 Å². The molecular formula is C13H15F2NO2. The number of anilines is 1. The minimum atomic E-state index is -1.45. The van der Waals surface area contributed by atoms with Gasteiger partial charge in [0.15, 0.2) is 11.6 Å². The Balaban J connectivity index is 2.30. The molecule has 1 aromatic rings. The van der Waals surface area contributed by atoms with Crippen molar-refractivity contribution >= 4 is 11.7 Å². The highest BCUT2D eigenvalue weighted by Crippen LogP contribution is 2.28. The largest absolute Gasteiger partial charge is 0.478 e. The summed E-state index contributed by atoms with van der Waals surface area (Å²) >= 11 is 0. The van der Waals surface area contributed by atoms with Crippen molar-refractivity contribution in [3.63, 3.8) is 0 Å². The number of hydrogen-bond acceptors (Lipinski definition) is 2. The lowest BCUT2D eigenvalue weighted by atomic mass is 9.98. The number of carbonyl (C=O) groups is 1. The zero-order chi connectivity index (χ0) is 13.3. The van der Waals surface area contributed by atoms with E-state index in [-0.39, 0.29) is 5.69 Å². The lowest BCUT2D eigenvalue weighted by Crippen LogP contribution is -2.33. The zero-order valence-corrected chi connectivity index (χ0v) is 10.1. The van der Waals surface area contributed by atoms with Crippen molar-refractivity contribution in [1.29, 1.82) is 0 Å². The van der Waals surface area contributed by atoms with E-state index in [4.69, 9.17) is 5.11 Å². The van der Waals surface area contributed by atoms with Gasteiger partial charge in [-0.25, -0.2) is 13.6 Å². The fraction of sp³-hybridized carbons (Fsp3) is 0.462. The van der Waals surface area contributed by atoms with E-state index in [2.05, 4.69) is 6.92 Å². The first-order valence-corrected chi connectivity index (χ1v) is 5.97. The molecule has 0 unspecified atom stereocenters. The van der Waals surface area contributed by atoms with E-state index < -0.39 is 23.2 Å². The molecule has 1 aliphatic rings. The van der Waals surface area contributed by atoms with Crippen LogP contribution in [0.3, 0.4) is 0 Å². The Morgan fingerprint density at radius 2 is 1.89 bits per heavy atom. The molecular weight excluding hydrogens is 240 g/mol. The third kappa shape index (κ3) is 2.30. The summed E-state index contributed by atoms with van der Waals surface area (Å²) in [5.74, 6) is -3.21. The minimum absolute atomic E-state index is 0.157. The summed E-state index contributed by atoms with van der Waals surface area (Å²) in [5.41, 5.74) is -0.467. The first kappa shape index (κ1) is 12.8. The summed E-state index contributed by atoms with van der Waals surface area (Å²) in [7, 11) is 0. The normalized spacial score (nSPS) is 16.9. The summed E-state index contributed by atoms with van der Waals surface area (Å²) in [6.45, 7) is 3.47. The number of hydrogen-bond donors (Lipinski definition) is 1. The van der Waals surface area contributed by atoms with Gasteiger partial charge in [0.1, 0.15) is 0 Å². The van der Waals surface area contributed by atoms with Gasteiger partial charge >= 0.3 is 5.97 Å². The molecule has 98 valence electrons. The van der Waals surface area contributed by atoms with Crippen molar-refractivity contribution in [1.82, 2.24) is 0 Å². The standard InChI is InChI=1S/C13H15F2NO2/c1-8-4-6-16(7-5-8)10-3-2-9(13(17)18)11(14)12(10)15/h2-3,8H,4-7H2,1H3,(H,17,18). The Kier molecular flexibility index (Phi) is 3.50. The van der Waals surface area contributed by atoms with E-state index in [1.54, 1.807) is 4.90 Å². The maximum absolute atomic E-state index is 13.8. The van der Waals surface area contributed by atoms with E-state index >= 15 is 0 Å². The molecule has 0 saturated carbocycles. The van der Waals surface area contributed by atoms with E-state index in [0.29, 0.717) is 19.0 Å². The number of rotatable bonds is 2. The van der Waals surface area contributed by atoms with Crippen molar-refractivity contribution in [2.45, 2.75) is 19.8 Å². The Hall–Kier alpha value is -1.65. The molecule has 0 atom stereocenters. The molecule has 1 N–H and O–H groups in total. The van der Waals surface area contributed by atoms with Crippen molar-refractivity contribution in [2.24, 2.45) is 5.92 Å². The predicted octanol–water partition coefficient (Wildman–Crippen LogP) is 2.90. The predicted molar refractivity (Wildman–Crippen MR) is 63.9 cm³/mol. The molecule has 1 aliphatic heterocycles. The van der Waals surface area contributed by atoms with Crippen molar-refractivity contribution in [2.75, 3.05) is 18.0 Å². The van der Waals surface area contributed by atoms with Crippen LogP contribution >= 0.6 is 0 Å². The fourth-order valence-corrected chi connectivity index (χ4v) is 2.20. The summed E-state index contributed by atoms with van der Waals surface area (Å²) in [4.78, 5) is 12.5. The lowest BCUT2D eigenvalue weighted by Gasteiger charge is -2.32. The molecule has 1 saturated heterocycles. The van der Waals surface area contributed by atoms with Gasteiger partial charge in [-0.3, -0.25) is 0 Å². The number of nitrogens with zero attached hydrogens (tertiary/aromatic N) is 1. The molecule has 5 heteroatoms. The van der Waals surface area contributed by atoms with Crippen LogP contribution in [-0.4, -0.2) is 24.2 Å². The second kappa shape index (κ2) is 4.92. The Bertz CT molecular complexity index is 468.